The van der Waals surface area contributed by atoms with E-state index in [2.05, 4.69) is 158 Å². The minimum Gasteiger partial charge on any atom is -0.207 e. The van der Waals surface area contributed by atoms with Gasteiger partial charge in [0.15, 0.2) is 0 Å². The summed E-state index contributed by atoms with van der Waals surface area (Å²) in [6.07, 6.45) is 1.33. The molecule has 0 saturated heterocycles. The molecule has 0 aliphatic heterocycles. The summed E-state index contributed by atoms with van der Waals surface area (Å²) in [7, 11) is 0. The highest BCUT2D eigenvalue weighted by molar-refractivity contribution is 5.26. The van der Waals surface area contributed by atoms with Gasteiger partial charge in [-0.2, -0.15) is 0 Å². The van der Waals surface area contributed by atoms with Crippen LogP contribution in [-0.4, -0.2) is 0 Å². The average Bonchev–Trinajstić information content (AvgIpc) is 2.78. The van der Waals surface area contributed by atoms with Crippen molar-refractivity contribution < 1.29 is 4.39 Å². The second-order valence-electron chi connectivity index (χ2n) is 15.6. The maximum Gasteiger partial charge on any atom is 0.123 e. The molecular formula is C39H61F. The molecule has 0 fully saturated rings. The molecule has 224 valence electrons. The fraction of sp³-hybridized carbons (Fsp3) is 0.538. The number of rotatable bonds is 1. The summed E-state index contributed by atoms with van der Waals surface area (Å²) in [6, 6.07) is 26.0. The van der Waals surface area contributed by atoms with Gasteiger partial charge in [-0.25, -0.2) is 4.39 Å². The second-order valence-corrected chi connectivity index (χ2v) is 15.6. The van der Waals surface area contributed by atoms with Crippen LogP contribution in [0.1, 0.15) is 126 Å². The molecule has 0 aliphatic rings. The van der Waals surface area contributed by atoms with E-state index in [0.717, 1.165) is 5.92 Å². The van der Waals surface area contributed by atoms with Crippen LogP contribution in [0, 0.1) is 24.1 Å². The van der Waals surface area contributed by atoms with Gasteiger partial charge in [0.25, 0.3) is 0 Å². The van der Waals surface area contributed by atoms with Crippen molar-refractivity contribution in [3.63, 3.8) is 0 Å². The molecule has 1 heteroatoms. The van der Waals surface area contributed by atoms with E-state index in [1.807, 2.05) is 12.1 Å². The van der Waals surface area contributed by atoms with Crippen molar-refractivity contribution in [2.75, 3.05) is 0 Å². The molecule has 0 amide bonds. The lowest BCUT2D eigenvalue weighted by atomic mass is 9.86. The van der Waals surface area contributed by atoms with Gasteiger partial charge >= 0.3 is 0 Å². The number of halogens is 1. The molecule has 0 aliphatic carbocycles. The molecule has 0 bridgehead atoms. The Kier molecular flexibility index (Phi) is 15.2. The minimum absolute atomic E-state index is 0.119. The zero-order valence-electron chi connectivity index (χ0n) is 28.7. The first kappa shape index (κ1) is 37.6. The van der Waals surface area contributed by atoms with Gasteiger partial charge in [0.2, 0.25) is 0 Å². The molecule has 0 spiro atoms. The number of benzene rings is 3. The van der Waals surface area contributed by atoms with E-state index in [9.17, 15) is 4.39 Å². The Hall–Kier alpha value is -2.41. The van der Waals surface area contributed by atoms with Crippen molar-refractivity contribution >= 4 is 0 Å². The largest absolute Gasteiger partial charge is 0.207 e. The van der Waals surface area contributed by atoms with Gasteiger partial charge in [-0.3, -0.25) is 0 Å². The van der Waals surface area contributed by atoms with Crippen LogP contribution in [0.4, 0.5) is 4.39 Å². The summed E-state index contributed by atoms with van der Waals surface area (Å²) >= 11 is 0. The molecule has 3 aromatic carbocycles. The molecule has 0 radical (unpaired) electrons. The Bertz CT molecular complexity index is 988. The van der Waals surface area contributed by atoms with Crippen molar-refractivity contribution in [3.8, 4) is 0 Å². The fourth-order valence-electron chi connectivity index (χ4n) is 4.17. The third-order valence-corrected chi connectivity index (χ3v) is 6.29. The molecule has 0 aromatic heterocycles. The molecule has 0 unspecified atom stereocenters. The maximum absolute atomic E-state index is 12.5. The quantitative estimate of drug-likeness (QED) is 0.284. The van der Waals surface area contributed by atoms with Crippen LogP contribution in [0.3, 0.4) is 0 Å². The van der Waals surface area contributed by atoms with Crippen molar-refractivity contribution in [2.45, 2.75) is 127 Å². The monoisotopic (exact) mass is 548 g/mol. The Morgan fingerprint density at radius 2 is 0.825 bits per heavy atom. The smallest absolute Gasteiger partial charge is 0.123 e. The van der Waals surface area contributed by atoms with E-state index in [4.69, 9.17) is 0 Å². The van der Waals surface area contributed by atoms with Gasteiger partial charge < -0.3 is 0 Å². The first-order chi connectivity index (χ1) is 18.0. The first-order valence-corrected chi connectivity index (χ1v) is 14.9. The zero-order chi connectivity index (χ0) is 31.4. The predicted octanol–water partition coefficient (Wildman–Crippen LogP) is 12.5. The third kappa shape index (κ3) is 18.0. The van der Waals surface area contributed by atoms with Crippen LogP contribution in [0.25, 0.3) is 0 Å². The van der Waals surface area contributed by atoms with Gasteiger partial charge in [0, 0.05) is 0 Å². The van der Waals surface area contributed by atoms with Gasteiger partial charge in [-0.1, -0.05) is 169 Å². The Balaban J connectivity index is 0.000000511. The SMILES string of the molecule is CC(C)(C)c1ccc(F)cc1.CC(C)(C)c1ccccc1.CC(C)CC(C)(C)C.Cc1ccc(C(C)(C)C)cc1. The van der Waals surface area contributed by atoms with Crippen molar-refractivity contribution in [1.29, 1.82) is 0 Å². The van der Waals surface area contributed by atoms with E-state index < -0.39 is 0 Å². The summed E-state index contributed by atoms with van der Waals surface area (Å²) in [6.45, 7) is 33.2. The van der Waals surface area contributed by atoms with E-state index in [0.29, 0.717) is 10.8 Å². The van der Waals surface area contributed by atoms with Crippen LogP contribution >= 0.6 is 0 Å². The fourth-order valence-corrected chi connectivity index (χ4v) is 4.17. The van der Waals surface area contributed by atoms with Crippen LogP contribution < -0.4 is 0 Å². The number of hydrogen-bond donors (Lipinski definition) is 0. The Morgan fingerprint density at radius 1 is 0.500 bits per heavy atom. The van der Waals surface area contributed by atoms with Gasteiger partial charge in [0.1, 0.15) is 5.82 Å². The van der Waals surface area contributed by atoms with Gasteiger partial charge in [0.05, 0.1) is 0 Å². The zero-order valence-corrected chi connectivity index (χ0v) is 28.7. The summed E-state index contributed by atoms with van der Waals surface area (Å²) in [5.41, 5.74) is 6.52. The Labute approximate surface area is 248 Å². The second kappa shape index (κ2) is 16.1. The highest BCUT2D eigenvalue weighted by Crippen LogP contribution is 2.24. The lowest BCUT2D eigenvalue weighted by Gasteiger charge is -2.19. The standard InChI is InChI=1S/C11H16.C10H13F.C10H14.C8H18/c1-9-5-7-10(8-6-9)11(2,3)4;1-10(2,3)8-4-6-9(11)7-5-8;1-10(2,3)9-7-5-4-6-8-9;1-7(2)6-8(3,4)5/h5-8H,1-4H3;4-7H,1-3H3;4-8H,1-3H3;7H,6H2,1-5H3. The molecular weight excluding hydrogens is 487 g/mol. The van der Waals surface area contributed by atoms with Crippen LogP contribution in [-0.2, 0) is 16.2 Å². The molecule has 3 aromatic rings. The first-order valence-electron chi connectivity index (χ1n) is 14.9. The third-order valence-electron chi connectivity index (χ3n) is 6.29. The molecule has 0 nitrogen and oxygen atoms in total. The van der Waals surface area contributed by atoms with Crippen LogP contribution in [0.5, 0.6) is 0 Å². The molecule has 40 heavy (non-hydrogen) atoms. The molecule has 0 saturated carbocycles. The van der Waals surface area contributed by atoms with E-state index in [-0.39, 0.29) is 16.6 Å². The van der Waals surface area contributed by atoms with E-state index in [1.54, 1.807) is 0 Å². The number of hydrogen-bond acceptors (Lipinski definition) is 0. The minimum atomic E-state index is -0.169. The topological polar surface area (TPSA) is 0 Å². The van der Waals surface area contributed by atoms with E-state index >= 15 is 0 Å². The highest BCUT2D eigenvalue weighted by Gasteiger charge is 2.14. The summed E-state index contributed by atoms with van der Waals surface area (Å²) in [5, 5.41) is 0. The van der Waals surface area contributed by atoms with Crippen molar-refractivity contribution in [1.82, 2.24) is 0 Å². The van der Waals surface area contributed by atoms with Crippen molar-refractivity contribution in [2.24, 2.45) is 11.3 Å². The molecule has 3 rings (SSSR count). The molecule has 0 N–H and O–H groups in total. The lowest BCUT2D eigenvalue weighted by molar-refractivity contribution is 0.320. The number of aryl methyl sites for hydroxylation is 1. The molecule has 0 atom stereocenters. The lowest BCUT2D eigenvalue weighted by Crippen LogP contribution is -2.10. The van der Waals surface area contributed by atoms with Gasteiger partial charge in [-0.15, -0.1) is 0 Å². The average molecular weight is 549 g/mol. The predicted molar refractivity (Wildman–Crippen MR) is 179 cm³/mol. The summed E-state index contributed by atoms with van der Waals surface area (Å²) in [5.74, 6) is 0.674. The van der Waals surface area contributed by atoms with Crippen molar-refractivity contribution in [3.05, 3.63) is 107 Å². The highest BCUT2D eigenvalue weighted by atomic mass is 19.1. The molecule has 0 heterocycles. The normalized spacial score (nSPS) is 11.8. The van der Waals surface area contributed by atoms with Crippen LogP contribution in [0.2, 0.25) is 0 Å². The van der Waals surface area contributed by atoms with Gasteiger partial charge in [-0.05, 0) is 69.7 Å². The van der Waals surface area contributed by atoms with Crippen LogP contribution in [0.15, 0.2) is 78.9 Å². The van der Waals surface area contributed by atoms with E-state index in [1.165, 1.54) is 40.8 Å². The maximum atomic E-state index is 12.5. The summed E-state index contributed by atoms with van der Waals surface area (Å²) < 4.78 is 12.5. The Morgan fingerprint density at radius 3 is 1.07 bits per heavy atom. The summed E-state index contributed by atoms with van der Waals surface area (Å²) in [4.78, 5) is 0.